The average Bonchev–Trinajstić information content (AvgIpc) is 3.73. The van der Waals surface area contributed by atoms with Gasteiger partial charge >= 0.3 is 6.09 Å². The van der Waals surface area contributed by atoms with E-state index in [2.05, 4.69) is 10.3 Å². The van der Waals surface area contributed by atoms with Crippen LogP contribution < -0.4 is 5.32 Å². The Labute approximate surface area is 311 Å². The highest BCUT2D eigenvalue weighted by Gasteiger charge is 2.40. The smallest absolute Gasteiger partial charge is 0.408 e. The molecule has 2 aliphatic heterocycles. The largest absolute Gasteiger partial charge is 0.445 e. The molecule has 1 aromatic heterocycles. The number of nitrogens with zero attached hydrogens (tertiary/aromatic N) is 3. The fraction of sp³-hybridized carbons (Fsp3) is 0.268. The van der Waals surface area contributed by atoms with Crippen LogP contribution in [0.25, 0.3) is 11.1 Å². The lowest BCUT2D eigenvalue weighted by Crippen LogP contribution is -2.41. The number of ether oxygens (including phenoxy) is 3. The maximum absolute atomic E-state index is 13.1. The van der Waals surface area contributed by atoms with Crippen molar-refractivity contribution in [3.8, 4) is 11.1 Å². The predicted octanol–water partition coefficient (Wildman–Crippen LogP) is 6.47. The second-order valence-electron chi connectivity index (χ2n) is 13.1. The lowest BCUT2D eigenvalue weighted by molar-refractivity contribution is -0.245. The monoisotopic (exact) mass is 732 g/mol. The minimum absolute atomic E-state index is 0.0178. The minimum atomic E-state index is -0.974. The Balaban J connectivity index is 1.000. The summed E-state index contributed by atoms with van der Waals surface area (Å²) in [5, 5.41) is 13.0. The quantitative estimate of drug-likeness (QED) is 0.109. The van der Waals surface area contributed by atoms with Gasteiger partial charge in [0.25, 0.3) is 5.91 Å². The summed E-state index contributed by atoms with van der Waals surface area (Å²) in [6.45, 7) is 0.131. The summed E-state index contributed by atoms with van der Waals surface area (Å²) in [7, 11) is 1.97. The Morgan fingerprint density at radius 2 is 1.66 bits per heavy atom. The van der Waals surface area contributed by atoms with Gasteiger partial charge in [0.05, 0.1) is 31.8 Å². The van der Waals surface area contributed by atoms with Crippen molar-refractivity contribution in [3.05, 3.63) is 143 Å². The van der Waals surface area contributed by atoms with Crippen molar-refractivity contribution in [3.63, 3.8) is 0 Å². The minimum Gasteiger partial charge on any atom is -0.445 e. The third kappa shape index (κ3) is 8.86. The Morgan fingerprint density at radius 1 is 0.906 bits per heavy atom. The lowest BCUT2D eigenvalue weighted by Gasteiger charge is -2.36. The maximum atomic E-state index is 13.1. The molecule has 11 nitrogen and oxygen atoms in total. The number of imide groups is 1. The van der Waals surface area contributed by atoms with Crippen LogP contribution in [0.5, 0.6) is 0 Å². The number of carbonyl (C=O) groups is 3. The molecule has 2 saturated heterocycles. The highest BCUT2D eigenvalue weighted by atomic mass is 32.2. The van der Waals surface area contributed by atoms with Gasteiger partial charge in [-0.05, 0) is 39.4 Å². The van der Waals surface area contributed by atoms with Gasteiger partial charge in [-0.1, -0.05) is 109 Å². The average molecular weight is 733 g/mol. The van der Waals surface area contributed by atoms with Crippen molar-refractivity contribution in [1.82, 2.24) is 19.8 Å². The van der Waals surface area contributed by atoms with E-state index in [9.17, 15) is 19.5 Å². The topological polar surface area (TPSA) is 132 Å². The molecule has 2 aliphatic rings. The molecule has 0 bridgehead atoms. The van der Waals surface area contributed by atoms with Crippen molar-refractivity contribution in [2.24, 2.45) is 7.05 Å². The van der Waals surface area contributed by atoms with Crippen LogP contribution in [0.3, 0.4) is 0 Å². The lowest BCUT2D eigenvalue weighted by atomic mass is 9.99. The van der Waals surface area contributed by atoms with Crippen LogP contribution in [0.2, 0.25) is 0 Å². The van der Waals surface area contributed by atoms with Gasteiger partial charge in [-0.3, -0.25) is 14.5 Å². The van der Waals surface area contributed by atoms with Crippen molar-refractivity contribution >= 4 is 29.7 Å². The number of hydrogen-bond acceptors (Lipinski definition) is 9. The van der Waals surface area contributed by atoms with E-state index in [1.165, 1.54) is 4.90 Å². The molecule has 7 rings (SSSR count). The summed E-state index contributed by atoms with van der Waals surface area (Å²) in [5.41, 5.74) is 6.21. The molecule has 1 unspecified atom stereocenters. The zero-order valence-corrected chi connectivity index (χ0v) is 30.0. The Kier molecular flexibility index (Phi) is 11.3. The van der Waals surface area contributed by atoms with Crippen LogP contribution in [-0.4, -0.2) is 55.4 Å². The third-order valence-electron chi connectivity index (χ3n) is 9.32. The van der Waals surface area contributed by atoms with Crippen LogP contribution in [0, 0.1) is 0 Å². The standard InChI is InChI=1S/C41H40N4O7S/c1-44-19-18-42-40(44)53-26-34-21-36(31-12-10-27(24-46)11-13-31)52-39(51-34)32-16-14-30(15-17-32)33-9-5-8-29(20-33)23-45-37(47)22-35(38(45)48)43-41(49)50-25-28-6-3-2-4-7-28/h2-20,34-36,39,46H,21-26H2,1H3,(H,43,49)/t34-,35?,36+,39+/m0/s1. The number of amides is 3. The number of carbonyl (C=O) groups excluding carboxylic acids is 3. The van der Waals surface area contributed by atoms with E-state index < -0.39 is 24.3 Å². The molecule has 5 aromatic rings. The Hall–Kier alpha value is -5.27. The van der Waals surface area contributed by atoms with Crippen LogP contribution >= 0.6 is 11.8 Å². The van der Waals surface area contributed by atoms with Gasteiger partial charge in [0.2, 0.25) is 5.91 Å². The molecule has 2 fully saturated rings. The molecule has 0 saturated carbocycles. The number of hydrogen-bond donors (Lipinski definition) is 2. The Morgan fingerprint density at radius 3 is 2.40 bits per heavy atom. The molecule has 53 heavy (non-hydrogen) atoms. The number of nitrogens with one attached hydrogen (secondary N) is 1. The predicted molar refractivity (Wildman–Crippen MR) is 198 cm³/mol. The molecule has 3 heterocycles. The third-order valence-corrected chi connectivity index (χ3v) is 10.5. The van der Waals surface area contributed by atoms with Gasteiger partial charge in [-0.15, -0.1) is 0 Å². The molecule has 12 heteroatoms. The van der Waals surface area contributed by atoms with E-state index in [1.807, 2.05) is 121 Å². The number of aryl methyl sites for hydroxylation is 1. The summed E-state index contributed by atoms with van der Waals surface area (Å²) in [6.07, 6.45) is 2.62. The van der Waals surface area contributed by atoms with E-state index in [1.54, 1.807) is 18.0 Å². The van der Waals surface area contributed by atoms with Gasteiger partial charge < -0.3 is 29.2 Å². The van der Waals surface area contributed by atoms with Crippen LogP contribution in [0.1, 0.15) is 53.1 Å². The molecular weight excluding hydrogens is 693 g/mol. The summed E-state index contributed by atoms with van der Waals surface area (Å²) >= 11 is 1.65. The van der Waals surface area contributed by atoms with Crippen molar-refractivity contribution in [1.29, 1.82) is 0 Å². The summed E-state index contributed by atoms with van der Waals surface area (Å²) in [5.74, 6) is -0.115. The van der Waals surface area contributed by atoms with E-state index >= 15 is 0 Å². The maximum Gasteiger partial charge on any atom is 0.408 e. The van der Waals surface area contributed by atoms with E-state index in [4.69, 9.17) is 14.2 Å². The number of benzene rings is 4. The van der Waals surface area contributed by atoms with Gasteiger partial charge in [-0.25, -0.2) is 9.78 Å². The first kappa shape index (κ1) is 36.1. The van der Waals surface area contributed by atoms with E-state index in [0.29, 0.717) is 12.2 Å². The summed E-state index contributed by atoms with van der Waals surface area (Å²) in [4.78, 5) is 44.0. The van der Waals surface area contributed by atoms with Crippen molar-refractivity contribution < 1.29 is 33.7 Å². The summed E-state index contributed by atoms with van der Waals surface area (Å²) < 4.78 is 20.3. The first-order valence-electron chi connectivity index (χ1n) is 17.4. The van der Waals surface area contributed by atoms with E-state index in [-0.39, 0.29) is 44.3 Å². The first-order valence-corrected chi connectivity index (χ1v) is 18.4. The molecule has 3 amide bonds. The van der Waals surface area contributed by atoms with Gasteiger partial charge in [0, 0.05) is 37.2 Å². The van der Waals surface area contributed by atoms with Crippen molar-refractivity contribution in [2.45, 2.75) is 62.3 Å². The zero-order chi connectivity index (χ0) is 36.7. The molecule has 0 radical (unpaired) electrons. The number of aliphatic hydroxyl groups excluding tert-OH is 1. The number of alkyl carbamates (subject to hydrolysis) is 1. The fourth-order valence-electron chi connectivity index (χ4n) is 6.41. The number of likely N-dealkylation sites (tertiary alicyclic amines) is 1. The second kappa shape index (κ2) is 16.6. The fourth-order valence-corrected chi connectivity index (χ4v) is 7.36. The number of rotatable bonds is 12. The number of imidazole rings is 1. The highest BCUT2D eigenvalue weighted by Crippen LogP contribution is 2.40. The molecule has 4 aromatic carbocycles. The molecule has 0 aliphatic carbocycles. The number of thioether (sulfide) groups is 1. The SMILES string of the molecule is Cn1ccnc1SC[C@@H]1C[C@H](c2ccc(CO)cc2)O[C@H](c2ccc(-c3cccc(CN4C(=O)CC(NC(=O)OCc5ccccc5)C4=O)c3)cc2)O1. The van der Waals surface area contributed by atoms with Crippen LogP contribution in [-0.2, 0) is 50.6 Å². The molecule has 4 atom stereocenters. The molecule has 272 valence electrons. The highest BCUT2D eigenvalue weighted by molar-refractivity contribution is 7.99. The van der Waals surface area contributed by atoms with Gasteiger partial charge in [0.1, 0.15) is 12.6 Å². The second-order valence-corrected chi connectivity index (χ2v) is 14.1. The molecule has 0 spiro atoms. The molecular formula is C41H40N4O7S. The number of aromatic nitrogens is 2. The number of aliphatic hydroxyl groups is 1. The van der Waals surface area contributed by atoms with Crippen LogP contribution in [0.15, 0.2) is 121 Å². The summed E-state index contributed by atoms with van der Waals surface area (Å²) in [6, 6.07) is 31.8. The Bertz CT molecular complexity index is 2040. The zero-order valence-electron chi connectivity index (χ0n) is 29.2. The van der Waals surface area contributed by atoms with Crippen LogP contribution in [0.4, 0.5) is 4.79 Å². The van der Waals surface area contributed by atoms with Gasteiger partial charge in [0.15, 0.2) is 11.4 Å². The van der Waals surface area contributed by atoms with Crippen molar-refractivity contribution in [2.75, 3.05) is 5.75 Å². The van der Waals surface area contributed by atoms with E-state index in [0.717, 1.165) is 44.1 Å². The first-order chi connectivity index (χ1) is 25.8. The molecule has 2 N–H and O–H groups in total. The normalized spacial score (nSPS) is 20.1. The van der Waals surface area contributed by atoms with Gasteiger partial charge in [-0.2, -0.15) is 0 Å².